The molecule has 0 spiro atoms. The summed E-state index contributed by atoms with van der Waals surface area (Å²) in [6.07, 6.45) is 0. The molecule has 2 rings (SSSR count). The Hall–Kier alpha value is -1.19. The fourth-order valence-electron chi connectivity index (χ4n) is 1.74. The van der Waals surface area contributed by atoms with Crippen LogP contribution >= 0.6 is 22.9 Å². The zero-order chi connectivity index (χ0) is 12.4. The van der Waals surface area contributed by atoms with Crippen molar-refractivity contribution in [1.82, 2.24) is 0 Å². The van der Waals surface area contributed by atoms with E-state index in [4.69, 9.17) is 17.3 Å². The van der Waals surface area contributed by atoms with Crippen molar-refractivity contribution in [2.75, 3.05) is 17.7 Å². The minimum atomic E-state index is 0.806. The molecule has 0 aliphatic heterocycles. The van der Waals surface area contributed by atoms with E-state index in [1.54, 1.807) is 11.3 Å². The Morgan fingerprint density at radius 2 is 2.06 bits per heavy atom. The molecule has 4 heteroatoms. The molecule has 90 valence electrons. The monoisotopic (exact) mass is 266 g/mol. The summed E-state index contributed by atoms with van der Waals surface area (Å²) in [4.78, 5) is 3.38. The molecule has 0 radical (unpaired) electrons. The van der Waals surface area contributed by atoms with Gasteiger partial charge in [-0.3, -0.25) is 0 Å². The maximum Gasteiger partial charge on any atom is 0.0931 e. The lowest BCUT2D eigenvalue weighted by atomic mass is 10.2. The zero-order valence-electron chi connectivity index (χ0n) is 9.90. The molecule has 2 aromatic rings. The average Bonchev–Trinajstić information content (AvgIpc) is 2.67. The third-order valence-corrected chi connectivity index (χ3v) is 3.83. The van der Waals surface area contributed by atoms with Crippen LogP contribution in [0.15, 0.2) is 30.3 Å². The van der Waals surface area contributed by atoms with Gasteiger partial charge in [-0.05, 0) is 36.8 Å². The third kappa shape index (κ3) is 2.93. The number of hydrogen-bond acceptors (Lipinski definition) is 3. The van der Waals surface area contributed by atoms with E-state index in [-0.39, 0.29) is 0 Å². The largest absolute Gasteiger partial charge is 0.397 e. The Morgan fingerprint density at radius 3 is 2.71 bits per heavy atom. The first kappa shape index (κ1) is 12.3. The molecule has 2 N–H and O–H groups in total. The molecule has 0 unspecified atom stereocenters. The molecule has 0 atom stereocenters. The SMILES string of the molecule is Cc1ccc(N)c(N(C)Cc2ccc(Cl)s2)c1. The van der Waals surface area contributed by atoms with Gasteiger partial charge in [-0.2, -0.15) is 0 Å². The highest BCUT2D eigenvalue weighted by Gasteiger charge is 2.07. The number of thiophene rings is 1. The van der Waals surface area contributed by atoms with Crippen LogP contribution in [0.3, 0.4) is 0 Å². The van der Waals surface area contributed by atoms with E-state index in [0.717, 1.165) is 22.3 Å². The van der Waals surface area contributed by atoms with Gasteiger partial charge < -0.3 is 10.6 Å². The van der Waals surface area contributed by atoms with E-state index in [1.807, 2.05) is 25.2 Å². The van der Waals surface area contributed by atoms with Crippen molar-refractivity contribution in [3.05, 3.63) is 45.1 Å². The summed E-state index contributed by atoms with van der Waals surface area (Å²) >= 11 is 7.53. The Labute approximate surface area is 111 Å². The van der Waals surface area contributed by atoms with E-state index in [2.05, 4.69) is 24.0 Å². The van der Waals surface area contributed by atoms with Crippen molar-refractivity contribution in [1.29, 1.82) is 0 Å². The number of anilines is 2. The van der Waals surface area contributed by atoms with E-state index in [9.17, 15) is 0 Å². The molecule has 0 bridgehead atoms. The first-order valence-corrected chi connectivity index (χ1v) is 6.57. The summed E-state index contributed by atoms with van der Waals surface area (Å²) < 4.78 is 0.825. The fourth-order valence-corrected chi connectivity index (χ4v) is 2.88. The highest BCUT2D eigenvalue weighted by Crippen LogP contribution is 2.27. The van der Waals surface area contributed by atoms with Gasteiger partial charge in [0, 0.05) is 11.9 Å². The van der Waals surface area contributed by atoms with Crippen LogP contribution in [-0.4, -0.2) is 7.05 Å². The maximum absolute atomic E-state index is 5.98. The Morgan fingerprint density at radius 1 is 1.29 bits per heavy atom. The first-order valence-electron chi connectivity index (χ1n) is 5.38. The predicted molar refractivity (Wildman–Crippen MR) is 77.0 cm³/mol. The van der Waals surface area contributed by atoms with E-state index in [0.29, 0.717) is 0 Å². The van der Waals surface area contributed by atoms with Crippen molar-refractivity contribution in [2.24, 2.45) is 0 Å². The Bertz CT molecular complexity index is 522. The fraction of sp³-hybridized carbons (Fsp3) is 0.231. The molecular formula is C13H15ClN2S. The standard InChI is InChI=1S/C13H15ClN2S/c1-9-3-5-11(15)12(7-9)16(2)8-10-4-6-13(14)17-10/h3-7H,8,15H2,1-2H3. The molecule has 2 nitrogen and oxygen atoms in total. The smallest absolute Gasteiger partial charge is 0.0931 e. The van der Waals surface area contributed by atoms with E-state index >= 15 is 0 Å². The second-order valence-corrected chi connectivity index (χ2v) is 5.92. The van der Waals surface area contributed by atoms with E-state index < -0.39 is 0 Å². The lowest BCUT2D eigenvalue weighted by Gasteiger charge is -2.20. The van der Waals surface area contributed by atoms with Crippen molar-refractivity contribution in [3.63, 3.8) is 0 Å². The summed E-state index contributed by atoms with van der Waals surface area (Å²) in [5.41, 5.74) is 9.07. The normalized spacial score (nSPS) is 10.5. The Kier molecular flexibility index (Phi) is 3.60. The van der Waals surface area contributed by atoms with Gasteiger partial charge in [0.15, 0.2) is 0 Å². The number of halogens is 1. The van der Waals surface area contributed by atoms with Crippen LogP contribution in [0, 0.1) is 6.92 Å². The number of hydrogen-bond donors (Lipinski definition) is 1. The number of nitrogens with zero attached hydrogens (tertiary/aromatic N) is 1. The minimum Gasteiger partial charge on any atom is -0.397 e. The van der Waals surface area contributed by atoms with Gasteiger partial charge in [-0.15, -0.1) is 11.3 Å². The summed E-state index contributed by atoms with van der Waals surface area (Å²) in [5.74, 6) is 0. The third-order valence-electron chi connectivity index (χ3n) is 2.62. The number of nitrogen functional groups attached to an aromatic ring is 1. The topological polar surface area (TPSA) is 29.3 Å². The Balaban J connectivity index is 2.19. The van der Waals surface area contributed by atoms with E-state index in [1.165, 1.54) is 10.4 Å². The molecule has 0 saturated heterocycles. The molecule has 0 fully saturated rings. The first-order chi connectivity index (χ1) is 8.06. The second-order valence-electron chi connectivity index (χ2n) is 4.12. The molecule has 0 aliphatic rings. The quantitative estimate of drug-likeness (QED) is 0.853. The van der Waals surface area contributed by atoms with Crippen molar-refractivity contribution < 1.29 is 0 Å². The lowest BCUT2D eigenvalue weighted by Crippen LogP contribution is -2.17. The van der Waals surface area contributed by atoms with Gasteiger partial charge in [-0.25, -0.2) is 0 Å². The predicted octanol–water partition coefficient (Wildman–Crippen LogP) is 3.93. The van der Waals surface area contributed by atoms with Crippen molar-refractivity contribution in [3.8, 4) is 0 Å². The molecule has 1 aromatic carbocycles. The molecule has 0 amide bonds. The maximum atomic E-state index is 5.98. The lowest BCUT2D eigenvalue weighted by molar-refractivity contribution is 0.941. The summed E-state index contributed by atoms with van der Waals surface area (Å²) in [7, 11) is 2.04. The van der Waals surface area contributed by atoms with Crippen LogP contribution < -0.4 is 10.6 Å². The summed E-state index contributed by atoms with van der Waals surface area (Å²) in [6.45, 7) is 2.89. The van der Waals surface area contributed by atoms with Gasteiger partial charge in [0.1, 0.15) is 0 Å². The molecule has 1 aromatic heterocycles. The highest BCUT2D eigenvalue weighted by atomic mass is 35.5. The molecular weight excluding hydrogens is 252 g/mol. The second kappa shape index (κ2) is 4.98. The number of rotatable bonds is 3. The number of nitrogens with two attached hydrogens (primary N) is 1. The number of aryl methyl sites for hydroxylation is 1. The number of benzene rings is 1. The molecule has 0 aliphatic carbocycles. The van der Waals surface area contributed by atoms with Crippen molar-refractivity contribution >= 4 is 34.3 Å². The van der Waals surface area contributed by atoms with Gasteiger partial charge in [-0.1, -0.05) is 17.7 Å². The minimum absolute atomic E-state index is 0.806. The van der Waals surface area contributed by atoms with Crippen LogP contribution in [0.1, 0.15) is 10.4 Å². The van der Waals surface area contributed by atoms with Gasteiger partial charge >= 0.3 is 0 Å². The van der Waals surface area contributed by atoms with Gasteiger partial charge in [0.2, 0.25) is 0 Å². The zero-order valence-corrected chi connectivity index (χ0v) is 11.5. The molecule has 17 heavy (non-hydrogen) atoms. The summed E-state index contributed by atoms with van der Waals surface area (Å²) in [6, 6.07) is 10.0. The van der Waals surface area contributed by atoms with Crippen LogP contribution in [0.2, 0.25) is 4.34 Å². The van der Waals surface area contributed by atoms with Crippen LogP contribution in [0.25, 0.3) is 0 Å². The van der Waals surface area contributed by atoms with Gasteiger partial charge in [0.05, 0.1) is 22.3 Å². The average molecular weight is 267 g/mol. The van der Waals surface area contributed by atoms with Crippen LogP contribution in [0.5, 0.6) is 0 Å². The van der Waals surface area contributed by atoms with Gasteiger partial charge in [0.25, 0.3) is 0 Å². The van der Waals surface area contributed by atoms with Crippen molar-refractivity contribution in [2.45, 2.75) is 13.5 Å². The molecule has 1 heterocycles. The summed E-state index contributed by atoms with van der Waals surface area (Å²) in [5, 5.41) is 0. The van der Waals surface area contributed by atoms with Crippen LogP contribution in [0.4, 0.5) is 11.4 Å². The highest BCUT2D eigenvalue weighted by molar-refractivity contribution is 7.16. The van der Waals surface area contributed by atoms with Crippen LogP contribution in [-0.2, 0) is 6.54 Å². The molecule has 0 saturated carbocycles.